The highest BCUT2D eigenvalue weighted by molar-refractivity contribution is 6.48. The monoisotopic (exact) mass is 1730 g/mol. The summed E-state index contributed by atoms with van der Waals surface area (Å²) in [4.78, 5) is 77.5. The maximum atomic E-state index is 16.8. The van der Waals surface area contributed by atoms with Gasteiger partial charge in [-0.2, -0.15) is 0 Å². The molecule has 0 unspecified atom stereocenters. The summed E-state index contributed by atoms with van der Waals surface area (Å²) in [6.07, 6.45) is 0. The molecule has 0 aromatic heterocycles. The maximum absolute atomic E-state index is 16.8. The number of methoxy groups -OCH3 is 4. The van der Waals surface area contributed by atoms with E-state index in [-0.39, 0.29) is 146 Å². The Hall–Kier alpha value is -18.0. The van der Waals surface area contributed by atoms with Gasteiger partial charge in [0, 0.05) is 136 Å². The Morgan fingerprint density at radius 1 is 0.205 bits per heavy atom. The van der Waals surface area contributed by atoms with Gasteiger partial charge in [0.05, 0.1) is 62.1 Å². The number of hydrogen-bond donors (Lipinski definition) is 2. The molecule has 0 spiro atoms. The molecular formula is C112H78N6O14. The summed E-state index contributed by atoms with van der Waals surface area (Å²) in [5.41, 5.74) is 9.70. The summed E-state index contributed by atoms with van der Waals surface area (Å²) < 4.78 is 53.3. The van der Waals surface area contributed by atoms with E-state index in [1.54, 1.807) is 24.3 Å². The van der Waals surface area contributed by atoms with E-state index in [0.29, 0.717) is 0 Å². The quantitative estimate of drug-likeness (QED) is 0.0294. The van der Waals surface area contributed by atoms with Crippen LogP contribution in [0.5, 0.6) is 80.5 Å². The van der Waals surface area contributed by atoms with Gasteiger partial charge < -0.3 is 67.7 Å². The van der Waals surface area contributed by atoms with Crippen molar-refractivity contribution in [1.82, 2.24) is 0 Å². The normalized spacial score (nSPS) is 12.2. The first-order valence-electron chi connectivity index (χ1n) is 42.6. The number of anilines is 14. The molecule has 19 aromatic carbocycles. The molecule has 0 saturated heterocycles. The molecule has 0 bridgehead atoms. The van der Waals surface area contributed by atoms with Crippen LogP contribution in [0, 0.1) is 0 Å². The summed E-state index contributed by atoms with van der Waals surface area (Å²) in [5.74, 6) is -3.14. The van der Waals surface area contributed by atoms with Crippen molar-refractivity contribution in [3.63, 3.8) is 0 Å². The van der Waals surface area contributed by atoms with E-state index in [4.69, 9.17) is 37.9 Å². The van der Waals surface area contributed by atoms with Gasteiger partial charge in [-0.25, -0.2) is 9.80 Å². The Morgan fingerprint density at radius 3 is 0.576 bits per heavy atom. The van der Waals surface area contributed by atoms with Gasteiger partial charge in [-0.3, -0.25) is 19.2 Å². The van der Waals surface area contributed by atoms with Gasteiger partial charge in [0.25, 0.3) is 23.6 Å². The Balaban J connectivity index is 0.884. The zero-order valence-electron chi connectivity index (χ0n) is 71.4. The van der Waals surface area contributed by atoms with Crippen LogP contribution in [-0.2, 0) is 0 Å². The third-order valence-electron chi connectivity index (χ3n) is 23.7. The van der Waals surface area contributed by atoms with Crippen LogP contribution in [0.3, 0.4) is 0 Å². The van der Waals surface area contributed by atoms with Crippen molar-refractivity contribution in [2.45, 2.75) is 0 Å². The van der Waals surface area contributed by atoms with E-state index in [1.807, 2.05) is 340 Å². The number of hydrogen-bond acceptors (Lipinski definition) is 18. The summed E-state index contributed by atoms with van der Waals surface area (Å²) in [5, 5.41) is 25.3. The minimum Gasteiger partial charge on any atom is -0.504 e. The van der Waals surface area contributed by atoms with Gasteiger partial charge in [0.15, 0.2) is 23.0 Å². The maximum Gasteiger partial charge on any atom is 0.266 e. The predicted molar refractivity (Wildman–Crippen MR) is 517 cm³/mol. The molecule has 4 amide bonds. The minimum atomic E-state index is -0.842. The largest absolute Gasteiger partial charge is 0.504 e. The standard InChI is InChI=1S/C112H78N6O14/c1-125-97-63-81(61-91(119)107(97)127-3)117-109(121)87-65-93(129-83-53-45-77(46-54-83)113(69-29-13-5-14-30-69)70-31-15-6-16-32-70)101-103-95(131-85-57-49-79(50-58-85)115(73-37-21-9-22-38-73)74-39-23-10-24-40-74)67-89-100-90(112(124)118(111(89)123)82-62-92(120)108(128-4)98(64-82)126-2)68-96(132-86-59-51-80(52-60-86)116(75-41-25-11-26-42-75)76-43-27-12-28-44-76)104(106(100)103)102-94(66-88(110(117)122)99(87)105(101)102)130-84-55-47-78(48-56-84)114(71-33-17-7-18-34-71)72-35-19-8-20-36-72/h5-68,119-120H,1-4H3. The molecule has 0 saturated carbocycles. The lowest BCUT2D eigenvalue weighted by molar-refractivity contribution is 0.0877. The van der Waals surface area contributed by atoms with Gasteiger partial charge in [-0.05, 0) is 218 Å². The Labute approximate surface area is 758 Å². The highest BCUT2D eigenvalue weighted by Crippen LogP contribution is 2.60. The number of carbonyl (C=O) groups excluding carboxylic acids is 4. The van der Waals surface area contributed by atoms with Crippen LogP contribution >= 0.6 is 0 Å². The SMILES string of the molecule is COc1cc(N2C(=O)c3cc(Oc4ccc(N(c5ccccc5)c5ccccc5)cc4)c4c5c(Oc6ccc(N(c7ccccc7)c7ccccc7)cc6)cc6c7c(cc(Oc8ccc(N(c9ccccc9)c9ccccc9)cc8)c(c8c(Oc9ccc(N(c%10ccccc%10)c%10ccccc%10)cc9)cc(c3c48)C2=O)c75)C(=O)N(c2cc(O)c(OC)c(OC)c2)C6=O)cc(O)c1OC. The second-order valence-electron chi connectivity index (χ2n) is 31.4. The van der Waals surface area contributed by atoms with E-state index in [0.717, 1.165) is 78.0 Å². The number of amides is 4. The first-order chi connectivity index (χ1) is 64.8. The Morgan fingerprint density at radius 2 is 0.394 bits per heavy atom. The Kier molecular flexibility index (Phi) is 20.9. The third kappa shape index (κ3) is 14.3. The number of carbonyl (C=O) groups is 4. The molecule has 2 aliphatic heterocycles. The van der Waals surface area contributed by atoms with E-state index in [1.165, 1.54) is 52.7 Å². The molecule has 2 N–H and O–H groups in total. The van der Waals surface area contributed by atoms with Crippen LogP contribution < -0.4 is 67.3 Å². The summed E-state index contributed by atoms with van der Waals surface area (Å²) in [7, 11) is 5.48. The van der Waals surface area contributed by atoms with E-state index in [2.05, 4.69) is 19.6 Å². The second-order valence-corrected chi connectivity index (χ2v) is 31.4. The molecule has 0 atom stereocenters. The average molecular weight is 1730 g/mol. The van der Waals surface area contributed by atoms with E-state index >= 15 is 19.2 Å². The number of fused-ring (bicyclic) bond motifs is 2. The fraction of sp³-hybridized carbons (Fsp3) is 0.0357. The zero-order valence-corrected chi connectivity index (χ0v) is 71.4. The number of benzene rings is 19. The van der Waals surface area contributed by atoms with Crippen LogP contribution in [0.25, 0.3) is 43.1 Å². The van der Waals surface area contributed by atoms with Crippen molar-refractivity contribution in [1.29, 1.82) is 0 Å². The van der Waals surface area contributed by atoms with Crippen molar-refractivity contribution in [2.24, 2.45) is 0 Å². The summed E-state index contributed by atoms with van der Waals surface area (Å²) in [6.45, 7) is 0. The van der Waals surface area contributed by atoms with Crippen molar-refractivity contribution < 1.29 is 67.3 Å². The molecule has 21 rings (SSSR count). The minimum absolute atomic E-state index is 0.0117. The van der Waals surface area contributed by atoms with Crippen LogP contribution in [0.4, 0.5) is 79.6 Å². The van der Waals surface area contributed by atoms with Crippen molar-refractivity contribution in [3.8, 4) is 80.5 Å². The lowest BCUT2D eigenvalue weighted by atomic mass is 9.80. The Bertz CT molecular complexity index is 6650. The lowest BCUT2D eigenvalue weighted by Crippen LogP contribution is -2.40. The fourth-order valence-electron chi connectivity index (χ4n) is 18.0. The lowest BCUT2D eigenvalue weighted by Gasteiger charge is -2.33. The van der Waals surface area contributed by atoms with Gasteiger partial charge in [-0.1, -0.05) is 146 Å². The van der Waals surface area contributed by atoms with Crippen LogP contribution in [0.1, 0.15) is 41.4 Å². The zero-order chi connectivity index (χ0) is 89.8. The molecule has 0 radical (unpaired) electrons. The number of rotatable bonds is 26. The molecule has 20 heteroatoms. The van der Waals surface area contributed by atoms with E-state index in [9.17, 15) is 10.2 Å². The highest BCUT2D eigenvalue weighted by atomic mass is 16.5. The molecule has 19 aromatic rings. The van der Waals surface area contributed by atoms with Gasteiger partial charge in [0.1, 0.15) is 46.0 Å². The van der Waals surface area contributed by atoms with Gasteiger partial charge in [0.2, 0.25) is 11.5 Å². The molecule has 2 aliphatic rings. The summed E-state index contributed by atoms with van der Waals surface area (Å²) >= 11 is 0. The topological polar surface area (TPSA) is 202 Å². The third-order valence-corrected chi connectivity index (χ3v) is 23.7. The number of nitrogens with zero attached hydrogens (tertiary/aromatic N) is 6. The van der Waals surface area contributed by atoms with Gasteiger partial charge >= 0.3 is 0 Å². The summed E-state index contributed by atoms with van der Waals surface area (Å²) in [6, 6.07) is 121. The molecule has 2 heterocycles. The predicted octanol–water partition coefficient (Wildman–Crippen LogP) is 27.8. The number of imide groups is 2. The number of phenolic OH excluding ortho intramolecular Hbond substituents is 2. The highest BCUT2D eigenvalue weighted by Gasteiger charge is 2.44. The number of aromatic hydroxyl groups is 2. The smallest absolute Gasteiger partial charge is 0.266 e. The first-order valence-corrected chi connectivity index (χ1v) is 42.6. The first kappa shape index (κ1) is 81.0. The number of para-hydroxylation sites is 8. The second kappa shape index (κ2) is 34.0. The van der Waals surface area contributed by atoms with E-state index < -0.39 is 35.1 Å². The van der Waals surface area contributed by atoms with Crippen molar-refractivity contribution in [3.05, 3.63) is 411 Å². The van der Waals surface area contributed by atoms with Crippen molar-refractivity contribution in [2.75, 3.05) is 57.8 Å². The molecule has 640 valence electrons. The number of ether oxygens (including phenoxy) is 8. The van der Waals surface area contributed by atoms with Crippen LogP contribution in [0.15, 0.2) is 388 Å². The molecule has 0 fully saturated rings. The number of phenols is 2. The van der Waals surface area contributed by atoms with Gasteiger partial charge in [-0.15, -0.1) is 0 Å². The molecule has 0 aliphatic carbocycles. The van der Waals surface area contributed by atoms with Crippen molar-refractivity contribution >= 4 is 146 Å². The molecular weight excluding hydrogens is 1650 g/mol. The van der Waals surface area contributed by atoms with Crippen LogP contribution in [-0.4, -0.2) is 62.3 Å². The molecule has 20 nitrogen and oxygen atoms in total. The van der Waals surface area contributed by atoms with Crippen LogP contribution in [0.2, 0.25) is 0 Å². The fourth-order valence-corrected chi connectivity index (χ4v) is 18.0. The average Bonchev–Trinajstić information content (AvgIpc) is 0.668. The molecule has 132 heavy (non-hydrogen) atoms.